The maximum absolute atomic E-state index is 12.0. The second-order valence-corrected chi connectivity index (χ2v) is 6.91. The van der Waals surface area contributed by atoms with E-state index in [2.05, 4.69) is 58.4 Å². The number of aromatic nitrogens is 2. The maximum atomic E-state index is 12.0. The van der Waals surface area contributed by atoms with Gasteiger partial charge in [0.2, 0.25) is 5.91 Å². The number of ether oxygens (including phenoxy) is 1. The van der Waals surface area contributed by atoms with Crippen molar-refractivity contribution in [1.29, 1.82) is 0 Å². The number of hydrogen-bond acceptors (Lipinski definition) is 3. The van der Waals surface area contributed by atoms with Crippen molar-refractivity contribution in [2.24, 2.45) is 0 Å². The average Bonchev–Trinajstić information content (AvgIpc) is 3.07. The number of imidazole rings is 1. The van der Waals surface area contributed by atoms with Crippen molar-refractivity contribution in [3.05, 3.63) is 78.1 Å². The zero-order valence-corrected chi connectivity index (χ0v) is 16.1. The Kier molecular flexibility index (Phi) is 5.08. The minimum absolute atomic E-state index is 0.0356. The van der Waals surface area contributed by atoms with Crippen molar-refractivity contribution in [1.82, 2.24) is 14.9 Å². The second-order valence-electron chi connectivity index (χ2n) is 6.91. The third kappa shape index (κ3) is 3.49. The number of fused-ring (bicyclic) bond motifs is 2. The summed E-state index contributed by atoms with van der Waals surface area (Å²) in [6.45, 7) is 2.67. The molecule has 0 spiro atoms. The van der Waals surface area contributed by atoms with E-state index in [0.29, 0.717) is 6.54 Å². The highest BCUT2D eigenvalue weighted by molar-refractivity contribution is 5.86. The number of rotatable bonds is 6. The number of amides is 1. The van der Waals surface area contributed by atoms with Gasteiger partial charge >= 0.3 is 0 Å². The van der Waals surface area contributed by atoms with E-state index in [9.17, 15) is 4.79 Å². The van der Waals surface area contributed by atoms with Crippen LogP contribution in [0.2, 0.25) is 0 Å². The first kappa shape index (κ1) is 18.2. The molecule has 5 nitrogen and oxygen atoms in total. The highest BCUT2D eigenvalue weighted by atomic mass is 16.5. The Labute approximate surface area is 164 Å². The largest absolute Gasteiger partial charge is 0.375 e. The summed E-state index contributed by atoms with van der Waals surface area (Å²) in [5.41, 5.74) is 3.20. The SMILES string of the molecule is COCC(=O)NC(C)c1nc2ccccc2n1Cc1cccc2ccccc12. The van der Waals surface area contributed by atoms with Crippen LogP contribution < -0.4 is 5.32 Å². The van der Waals surface area contributed by atoms with Gasteiger partial charge in [0, 0.05) is 7.11 Å². The summed E-state index contributed by atoms with van der Waals surface area (Å²) in [5.74, 6) is 0.678. The minimum Gasteiger partial charge on any atom is -0.375 e. The number of hydrogen-bond donors (Lipinski definition) is 1. The van der Waals surface area contributed by atoms with E-state index in [1.165, 1.54) is 23.4 Å². The monoisotopic (exact) mass is 373 g/mol. The van der Waals surface area contributed by atoms with Gasteiger partial charge < -0.3 is 14.6 Å². The van der Waals surface area contributed by atoms with E-state index in [0.717, 1.165) is 16.9 Å². The number of nitrogens with one attached hydrogen (secondary N) is 1. The Morgan fingerprint density at radius 3 is 2.68 bits per heavy atom. The van der Waals surface area contributed by atoms with Crippen LogP contribution in [0.15, 0.2) is 66.7 Å². The van der Waals surface area contributed by atoms with E-state index in [-0.39, 0.29) is 18.6 Å². The molecule has 1 heterocycles. The van der Waals surface area contributed by atoms with E-state index in [1.54, 1.807) is 0 Å². The summed E-state index contributed by atoms with van der Waals surface area (Å²) in [6.07, 6.45) is 0. The Morgan fingerprint density at radius 2 is 1.82 bits per heavy atom. The molecule has 1 amide bonds. The molecule has 0 bridgehead atoms. The molecule has 0 aliphatic rings. The Balaban J connectivity index is 1.78. The number of methoxy groups -OCH3 is 1. The molecule has 0 radical (unpaired) electrons. The molecular weight excluding hydrogens is 350 g/mol. The molecule has 1 N–H and O–H groups in total. The van der Waals surface area contributed by atoms with Gasteiger partial charge in [0.1, 0.15) is 12.4 Å². The number of nitrogens with zero attached hydrogens (tertiary/aromatic N) is 2. The number of benzene rings is 3. The summed E-state index contributed by atoms with van der Waals surface area (Å²) >= 11 is 0. The van der Waals surface area contributed by atoms with E-state index in [1.807, 2.05) is 25.1 Å². The normalized spacial score (nSPS) is 12.4. The fourth-order valence-electron chi connectivity index (χ4n) is 3.67. The topological polar surface area (TPSA) is 56.1 Å². The zero-order valence-electron chi connectivity index (χ0n) is 16.1. The van der Waals surface area contributed by atoms with Crippen LogP contribution >= 0.6 is 0 Å². The molecule has 3 aromatic carbocycles. The summed E-state index contributed by atoms with van der Waals surface area (Å²) in [6, 6.07) is 22.6. The zero-order chi connectivity index (χ0) is 19.5. The third-order valence-electron chi connectivity index (χ3n) is 4.93. The van der Waals surface area contributed by atoms with Crippen LogP contribution in [-0.2, 0) is 16.1 Å². The van der Waals surface area contributed by atoms with Gasteiger partial charge in [0.15, 0.2) is 0 Å². The summed E-state index contributed by atoms with van der Waals surface area (Å²) in [5, 5.41) is 5.42. The summed E-state index contributed by atoms with van der Waals surface area (Å²) in [4.78, 5) is 16.8. The van der Waals surface area contributed by atoms with Gasteiger partial charge in [-0.3, -0.25) is 4.79 Å². The average molecular weight is 373 g/mol. The lowest BCUT2D eigenvalue weighted by molar-refractivity contribution is -0.125. The van der Waals surface area contributed by atoms with E-state index >= 15 is 0 Å². The molecule has 0 aliphatic carbocycles. The number of carbonyl (C=O) groups excluding carboxylic acids is 1. The fourth-order valence-corrected chi connectivity index (χ4v) is 3.67. The van der Waals surface area contributed by atoms with E-state index in [4.69, 9.17) is 9.72 Å². The lowest BCUT2D eigenvalue weighted by atomic mass is 10.0. The molecule has 1 aromatic heterocycles. The van der Waals surface area contributed by atoms with Gasteiger partial charge in [0.05, 0.1) is 23.6 Å². The minimum atomic E-state index is -0.231. The molecule has 0 saturated heterocycles. The molecular formula is C23H23N3O2. The molecule has 4 rings (SSSR count). The van der Waals surface area contributed by atoms with Gasteiger partial charge in [-0.15, -0.1) is 0 Å². The molecule has 5 heteroatoms. The molecule has 1 atom stereocenters. The Bertz CT molecular complexity index is 1130. The smallest absolute Gasteiger partial charge is 0.246 e. The van der Waals surface area contributed by atoms with Crippen LogP contribution in [0.1, 0.15) is 24.4 Å². The lowest BCUT2D eigenvalue weighted by Crippen LogP contribution is -2.31. The highest BCUT2D eigenvalue weighted by Gasteiger charge is 2.19. The van der Waals surface area contributed by atoms with Crippen LogP contribution in [0.25, 0.3) is 21.8 Å². The van der Waals surface area contributed by atoms with Crippen molar-refractivity contribution in [3.8, 4) is 0 Å². The van der Waals surface area contributed by atoms with Gasteiger partial charge in [-0.05, 0) is 35.4 Å². The molecule has 142 valence electrons. The van der Waals surface area contributed by atoms with Crippen molar-refractivity contribution >= 4 is 27.7 Å². The molecule has 0 aliphatic heterocycles. The molecule has 4 aromatic rings. The Morgan fingerprint density at radius 1 is 1.07 bits per heavy atom. The van der Waals surface area contributed by atoms with Gasteiger partial charge in [-0.2, -0.15) is 0 Å². The predicted octanol–water partition coefficient (Wildman–Crippen LogP) is 4.06. The standard InChI is InChI=1S/C23H23N3O2/c1-16(24-22(27)15-28-2)23-25-20-12-5-6-13-21(20)26(23)14-18-10-7-9-17-8-3-4-11-19(17)18/h3-13,16H,14-15H2,1-2H3,(H,24,27). The van der Waals surface area contributed by atoms with Crippen LogP contribution in [0.5, 0.6) is 0 Å². The quantitative estimate of drug-likeness (QED) is 0.554. The van der Waals surface area contributed by atoms with Gasteiger partial charge in [0.25, 0.3) is 0 Å². The summed E-state index contributed by atoms with van der Waals surface area (Å²) in [7, 11) is 1.51. The van der Waals surface area contributed by atoms with Crippen molar-refractivity contribution < 1.29 is 9.53 Å². The third-order valence-corrected chi connectivity index (χ3v) is 4.93. The first-order chi connectivity index (χ1) is 13.7. The first-order valence-corrected chi connectivity index (χ1v) is 9.37. The Hall–Kier alpha value is -3.18. The maximum Gasteiger partial charge on any atom is 0.246 e. The second kappa shape index (κ2) is 7.82. The van der Waals surface area contributed by atoms with E-state index < -0.39 is 0 Å². The van der Waals surface area contributed by atoms with Crippen LogP contribution in [0, 0.1) is 0 Å². The van der Waals surface area contributed by atoms with Gasteiger partial charge in [-0.25, -0.2) is 4.98 Å². The first-order valence-electron chi connectivity index (χ1n) is 9.37. The van der Waals surface area contributed by atoms with Crippen LogP contribution in [-0.4, -0.2) is 29.2 Å². The number of carbonyl (C=O) groups is 1. The predicted molar refractivity (Wildman–Crippen MR) is 111 cm³/mol. The molecule has 0 saturated carbocycles. The van der Waals surface area contributed by atoms with Crippen LogP contribution in [0.3, 0.4) is 0 Å². The summed E-state index contributed by atoms with van der Waals surface area (Å²) < 4.78 is 7.12. The van der Waals surface area contributed by atoms with Crippen molar-refractivity contribution in [2.45, 2.75) is 19.5 Å². The highest BCUT2D eigenvalue weighted by Crippen LogP contribution is 2.25. The fraction of sp³-hybridized carbons (Fsp3) is 0.217. The lowest BCUT2D eigenvalue weighted by Gasteiger charge is -2.17. The number of para-hydroxylation sites is 2. The molecule has 28 heavy (non-hydrogen) atoms. The van der Waals surface area contributed by atoms with Crippen LogP contribution in [0.4, 0.5) is 0 Å². The molecule has 0 fully saturated rings. The molecule has 1 unspecified atom stereocenters. The van der Waals surface area contributed by atoms with Gasteiger partial charge in [-0.1, -0.05) is 54.6 Å². The van der Waals surface area contributed by atoms with Crippen molar-refractivity contribution in [3.63, 3.8) is 0 Å². The van der Waals surface area contributed by atoms with Crippen molar-refractivity contribution in [2.75, 3.05) is 13.7 Å².